The fourth-order valence-corrected chi connectivity index (χ4v) is 4.54. The average Bonchev–Trinajstić information content (AvgIpc) is 3.48. The lowest BCUT2D eigenvalue weighted by Gasteiger charge is -2.22. The highest BCUT2D eigenvalue weighted by atomic mass is 35.5. The van der Waals surface area contributed by atoms with Crippen molar-refractivity contribution in [3.8, 4) is 0 Å². The number of hydrogen-bond donors (Lipinski definition) is 0. The molecule has 1 aliphatic rings. The monoisotopic (exact) mass is 421 g/mol. The molecule has 5 nitrogen and oxygen atoms in total. The molecule has 1 atom stereocenters. The molecular weight excluding hydrogens is 406 g/mol. The summed E-state index contributed by atoms with van der Waals surface area (Å²) in [5, 5.41) is 9.47. The Bertz CT molecular complexity index is 1230. The lowest BCUT2D eigenvalue weighted by atomic mass is 10.0. The van der Waals surface area contributed by atoms with Gasteiger partial charge in [0.1, 0.15) is 5.15 Å². The third kappa shape index (κ3) is 3.24. The van der Waals surface area contributed by atoms with Gasteiger partial charge in [0.15, 0.2) is 5.76 Å². The van der Waals surface area contributed by atoms with E-state index in [-0.39, 0.29) is 17.7 Å². The van der Waals surface area contributed by atoms with Crippen molar-refractivity contribution in [2.75, 3.05) is 0 Å². The Kier molecular flexibility index (Phi) is 4.45. The van der Waals surface area contributed by atoms with Gasteiger partial charge in [-0.2, -0.15) is 5.10 Å². The summed E-state index contributed by atoms with van der Waals surface area (Å²) in [6, 6.07) is 15.0. The Morgan fingerprint density at radius 2 is 2.14 bits per heavy atom. The van der Waals surface area contributed by atoms with E-state index in [2.05, 4.69) is 10.1 Å². The SMILES string of the molecule is Cc1ccc2cc(C3CC(c4cccs4)=NN3C(=O)c3ccco3)c(Cl)nc2c1. The molecule has 0 fully saturated rings. The van der Waals surface area contributed by atoms with Crippen LogP contribution in [0, 0.1) is 6.92 Å². The summed E-state index contributed by atoms with van der Waals surface area (Å²) in [4.78, 5) is 18.7. The molecule has 0 N–H and O–H groups in total. The summed E-state index contributed by atoms with van der Waals surface area (Å²) in [7, 11) is 0. The summed E-state index contributed by atoms with van der Waals surface area (Å²) in [5.74, 6) is -0.0571. The Balaban J connectivity index is 1.60. The van der Waals surface area contributed by atoms with Gasteiger partial charge in [0.2, 0.25) is 0 Å². The first-order valence-electron chi connectivity index (χ1n) is 9.15. The Hall–Kier alpha value is -2.96. The third-order valence-electron chi connectivity index (χ3n) is 4.97. The zero-order chi connectivity index (χ0) is 20.0. The van der Waals surface area contributed by atoms with E-state index in [1.165, 1.54) is 11.3 Å². The highest BCUT2D eigenvalue weighted by Crippen LogP contribution is 2.38. The number of carbonyl (C=O) groups excluding carboxylic acids is 1. The zero-order valence-electron chi connectivity index (χ0n) is 15.5. The third-order valence-corrected chi connectivity index (χ3v) is 6.19. The number of thiophene rings is 1. The van der Waals surface area contributed by atoms with Gasteiger partial charge in [-0.25, -0.2) is 9.99 Å². The maximum absolute atomic E-state index is 13.1. The van der Waals surface area contributed by atoms with Gasteiger partial charge >= 0.3 is 5.91 Å². The minimum absolute atomic E-state index is 0.242. The van der Waals surface area contributed by atoms with Crippen molar-refractivity contribution in [3.63, 3.8) is 0 Å². The highest BCUT2D eigenvalue weighted by molar-refractivity contribution is 7.12. The summed E-state index contributed by atoms with van der Waals surface area (Å²) in [6.45, 7) is 2.02. The van der Waals surface area contributed by atoms with Crippen LogP contribution in [0.25, 0.3) is 10.9 Å². The van der Waals surface area contributed by atoms with Crippen molar-refractivity contribution in [1.82, 2.24) is 9.99 Å². The van der Waals surface area contributed by atoms with Gasteiger partial charge in [-0.1, -0.05) is 29.8 Å². The molecule has 144 valence electrons. The van der Waals surface area contributed by atoms with Crippen LogP contribution in [0.3, 0.4) is 0 Å². The van der Waals surface area contributed by atoms with Gasteiger partial charge in [-0.05, 0) is 48.2 Å². The zero-order valence-corrected chi connectivity index (χ0v) is 17.1. The average molecular weight is 422 g/mol. The number of rotatable bonds is 3. The summed E-state index contributed by atoms with van der Waals surface area (Å²) in [6.07, 6.45) is 2.04. The predicted octanol–water partition coefficient (Wildman–Crippen LogP) is 5.84. The summed E-state index contributed by atoms with van der Waals surface area (Å²) < 4.78 is 5.33. The molecule has 1 aliphatic heterocycles. The molecule has 1 unspecified atom stereocenters. The molecule has 0 saturated carbocycles. The van der Waals surface area contributed by atoms with Gasteiger partial charge in [0.05, 0.1) is 28.4 Å². The van der Waals surface area contributed by atoms with Crippen molar-refractivity contribution in [2.24, 2.45) is 5.10 Å². The molecule has 1 aromatic carbocycles. The number of halogens is 1. The number of aromatic nitrogens is 1. The van der Waals surface area contributed by atoms with E-state index in [1.807, 2.05) is 48.7 Å². The fourth-order valence-electron chi connectivity index (χ4n) is 3.55. The maximum Gasteiger partial charge on any atom is 0.310 e. The Labute approximate surface area is 176 Å². The molecule has 3 aromatic heterocycles. The number of amides is 1. The molecular formula is C22H16ClN3O2S. The molecule has 1 amide bonds. The van der Waals surface area contributed by atoms with E-state index < -0.39 is 0 Å². The molecule has 0 aliphatic carbocycles. The summed E-state index contributed by atoms with van der Waals surface area (Å²) >= 11 is 8.18. The molecule has 0 radical (unpaired) electrons. The second kappa shape index (κ2) is 7.13. The van der Waals surface area contributed by atoms with E-state index in [4.69, 9.17) is 16.0 Å². The standard InChI is InChI=1S/C22H16ClN3O2S/c1-13-6-7-14-11-15(21(23)24-16(14)10-13)18-12-17(20-5-3-9-29-20)25-26(18)22(27)19-4-2-8-28-19/h2-11,18H,12H2,1H3. The second-order valence-electron chi connectivity index (χ2n) is 6.94. The van der Waals surface area contributed by atoms with Gasteiger partial charge in [-0.3, -0.25) is 4.79 Å². The maximum atomic E-state index is 13.1. The minimum atomic E-state index is -0.351. The topological polar surface area (TPSA) is 58.7 Å². The van der Waals surface area contributed by atoms with Crippen molar-refractivity contribution in [2.45, 2.75) is 19.4 Å². The lowest BCUT2D eigenvalue weighted by Crippen LogP contribution is -2.27. The quantitative estimate of drug-likeness (QED) is 0.390. The van der Waals surface area contributed by atoms with Crippen LogP contribution in [0.2, 0.25) is 5.15 Å². The molecule has 4 aromatic rings. The van der Waals surface area contributed by atoms with Crippen molar-refractivity contribution >= 4 is 45.5 Å². The van der Waals surface area contributed by atoms with Crippen LogP contribution < -0.4 is 0 Å². The van der Waals surface area contributed by atoms with Crippen LogP contribution >= 0.6 is 22.9 Å². The first-order chi connectivity index (χ1) is 14.1. The number of hydrazone groups is 1. The number of aryl methyl sites for hydroxylation is 1. The highest BCUT2D eigenvalue weighted by Gasteiger charge is 2.36. The fraction of sp³-hybridized carbons (Fsp3) is 0.136. The number of fused-ring (bicyclic) bond motifs is 1. The Morgan fingerprint density at radius 1 is 1.24 bits per heavy atom. The van der Waals surface area contributed by atoms with Crippen molar-refractivity contribution in [3.05, 3.63) is 87.1 Å². The van der Waals surface area contributed by atoms with E-state index in [9.17, 15) is 4.79 Å². The van der Waals surface area contributed by atoms with E-state index in [1.54, 1.807) is 23.5 Å². The van der Waals surface area contributed by atoms with Crippen LogP contribution in [0.15, 0.2) is 69.7 Å². The van der Waals surface area contributed by atoms with Crippen LogP contribution in [-0.2, 0) is 0 Å². The van der Waals surface area contributed by atoms with Gasteiger partial charge < -0.3 is 4.42 Å². The number of benzene rings is 1. The Morgan fingerprint density at radius 3 is 2.90 bits per heavy atom. The van der Waals surface area contributed by atoms with Gasteiger partial charge in [-0.15, -0.1) is 11.3 Å². The number of pyridine rings is 1. The van der Waals surface area contributed by atoms with Crippen LogP contribution in [0.4, 0.5) is 0 Å². The van der Waals surface area contributed by atoms with E-state index in [0.717, 1.165) is 32.6 Å². The molecule has 0 bridgehead atoms. The molecule has 7 heteroatoms. The number of hydrogen-bond acceptors (Lipinski definition) is 5. The summed E-state index contributed by atoms with van der Waals surface area (Å²) in [5.41, 5.74) is 3.58. The van der Waals surface area contributed by atoms with Gasteiger partial charge in [0.25, 0.3) is 0 Å². The predicted molar refractivity (Wildman–Crippen MR) is 115 cm³/mol. The molecule has 0 spiro atoms. The number of furan rings is 1. The molecule has 4 heterocycles. The molecule has 0 saturated heterocycles. The van der Waals surface area contributed by atoms with E-state index in [0.29, 0.717) is 11.6 Å². The van der Waals surface area contributed by atoms with Crippen molar-refractivity contribution in [1.29, 1.82) is 0 Å². The largest absolute Gasteiger partial charge is 0.459 e. The lowest BCUT2D eigenvalue weighted by molar-refractivity contribution is 0.0678. The van der Waals surface area contributed by atoms with Crippen LogP contribution in [-0.4, -0.2) is 21.6 Å². The second-order valence-corrected chi connectivity index (χ2v) is 8.24. The minimum Gasteiger partial charge on any atom is -0.459 e. The smallest absolute Gasteiger partial charge is 0.310 e. The molecule has 5 rings (SSSR count). The van der Waals surface area contributed by atoms with Gasteiger partial charge in [0, 0.05) is 17.4 Å². The van der Waals surface area contributed by atoms with Crippen LogP contribution in [0.1, 0.15) is 39.0 Å². The first kappa shape index (κ1) is 18.1. The van der Waals surface area contributed by atoms with E-state index >= 15 is 0 Å². The van der Waals surface area contributed by atoms with Crippen molar-refractivity contribution < 1.29 is 9.21 Å². The first-order valence-corrected chi connectivity index (χ1v) is 10.4. The number of carbonyl (C=O) groups is 1. The van der Waals surface area contributed by atoms with Crippen LogP contribution in [0.5, 0.6) is 0 Å². The molecule has 29 heavy (non-hydrogen) atoms. The number of nitrogens with zero attached hydrogens (tertiary/aromatic N) is 3. The normalized spacial score (nSPS) is 16.4.